The molecule has 0 spiro atoms. The first-order valence-corrected chi connectivity index (χ1v) is 6.81. The Hall–Kier alpha value is -1.02. The van der Waals surface area contributed by atoms with Crippen LogP contribution >= 0.6 is 0 Å². The van der Waals surface area contributed by atoms with Crippen molar-refractivity contribution < 1.29 is 0 Å². The molecule has 0 amide bonds. The summed E-state index contributed by atoms with van der Waals surface area (Å²) in [6.45, 7) is 4.27. The number of benzene rings is 1. The minimum Gasteiger partial charge on any atom is -0.364 e. The lowest BCUT2D eigenvalue weighted by molar-refractivity contribution is 0.178. The fraction of sp³-hybridized carbons (Fsp3) is 0.600. The molecule has 1 unspecified atom stereocenters. The van der Waals surface area contributed by atoms with Crippen LogP contribution in [0.2, 0.25) is 0 Å². The van der Waals surface area contributed by atoms with Gasteiger partial charge in [0, 0.05) is 18.8 Å². The normalized spacial score (nSPS) is 23.1. The molecule has 1 aliphatic carbocycles. The van der Waals surface area contributed by atoms with E-state index in [1.165, 1.54) is 36.9 Å². The SMILES string of the molecule is CC(CN)(C1CCC1)N1CCc2ccccc21. The highest BCUT2D eigenvalue weighted by atomic mass is 15.2. The van der Waals surface area contributed by atoms with Crippen molar-refractivity contribution in [2.24, 2.45) is 11.7 Å². The van der Waals surface area contributed by atoms with Gasteiger partial charge in [-0.05, 0) is 43.7 Å². The molecule has 92 valence electrons. The Kier molecular flexibility index (Phi) is 2.62. The number of hydrogen-bond acceptors (Lipinski definition) is 2. The Balaban J connectivity index is 1.94. The van der Waals surface area contributed by atoms with E-state index in [-0.39, 0.29) is 5.54 Å². The third kappa shape index (κ3) is 1.58. The van der Waals surface area contributed by atoms with E-state index in [4.69, 9.17) is 5.73 Å². The lowest BCUT2D eigenvalue weighted by atomic mass is 9.70. The Morgan fingerprint density at radius 1 is 1.35 bits per heavy atom. The number of nitrogens with two attached hydrogens (primary N) is 1. The van der Waals surface area contributed by atoms with Gasteiger partial charge in [-0.1, -0.05) is 24.6 Å². The third-order valence-corrected chi connectivity index (χ3v) is 4.90. The highest BCUT2D eigenvalue weighted by Crippen LogP contribution is 2.43. The minimum absolute atomic E-state index is 0.171. The molecule has 0 radical (unpaired) electrons. The summed E-state index contributed by atoms with van der Waals surface area (Å²) in [6.07, 6.45) is 5.27. The Bertz CT molecular complexity index is 411. The first-order chi connectivity index (χ1) is 8.25. The first-order valence-electron chi connectivity index (χ1n) is 6.81. The zero-order valence-electron chi connectivity index (χ0n) is 10.7. The van der Waals surface area contributed by atoms with E-state index in [2.05, 4.69) is 36.1 Å². The van der Waals surface area contributed by atoms with Crippen LogP contribution in [0.3, 0.4) is 0 Å². The van der Waals surface area contributed by atoms with Gasteiger partial charge in [0.1, 0.15) is 0 Å². The predicted molar refractivity (Wildman–Crippen MR) is 72.3 cm³/mol. The van der Waals surface area contributed by atoms with Gasteiger partial charge in [-0.3, -0.25) is 0 Å². The van der Waals surface area contributed by atoms with Crippen LogP contribution in [0.15, 0.2) is 24.3 Å². The van der Waals surface area contributed by atoms with E-state index in [9.17, 15) is 0 Å². The molecule has 0 bridgehead atoms. The largest absolute Gasteiger partial charge is 0.364 e. The van der Waals surface area contributed by atoms with Crippen LogP contribution in [-0.2, 0) is 6.42 Å². The van der Waals surface area contributed by atoms with Gasteiger partial charge in [-0.15, -0.1) is 0 Å². The lowest BCUT2D eigenvalue weighted by Crippen LogP contribution is -2.58. The van der Waals surface area contributed by atoms with E-state index in [1.807, 2.05) is 0 Å². The van der Waals surface area contributed by atoms with Crippen molar-refractivity contribution in [3.05, 3.63) is 29.8 Å². The van der Waals surface area contributed by atoms with Crippen LogP contribution in [0.4, 0.5) is 5.69 Å². The van der Waals surface area contributed by atoms with Gasteiger partial charge in [0.15, 0.2) is 0 Å². The average Bonchev–Trinajstić information content (AvgIpc) is 2.70. The molecular weight excluding hydrogens is 208 g/mol. The Labute approximate surface area is 104 Å². The Morgan fingerprint density at radius 2 is 2.12 bits per heavy atom. The van der Waals surface area contributed by atoms with Crippen molar-refractivity contribution in [3.63, 3.8) is 0 Å². The van der Waals surface area contributed by atoms with Gasteiger partial charge >= 0.3 is 0 Å². The molecule has 1 heterocycles. The van der Waals surface area contributed by atoms with Gasteiger partial charge in [0.25, 0.3) is 0 Å². The Morgan fingerprint density at radius 3 is 2.76 bits per heavy atom. The maximum absolute atomic E-state index is 6.11. The number of anilines is 1. The molecule has 17 heavy (non-hydrogen) atoms. The van der Waals surface area contributed by atoms with E-state index >= 15 is 0 Å². The summed E-state index contributed by atoms with van der Waals surface area (Å²) < 4.78 is 0. The van der Waals surface area contributed by atoms with Crippen molar-refractivity contribution in [1.82, 2.24) is 0 Å². The van der Waals surface area contributed by atoms with Gasteiger partial charge in [0.05, 0.1) is 5.54 Å². The fourth-order valence-corrected chi connectivity index (χ4v) is 3.40. The van der Waals surface area contributed by atoms with Crippen LogP contribution in [0, 0.1) is 5.92 Å². The molecule has 1 atom stereocenters. The van der Waals surface area contributed by atoms with Gasteiger partial charge in [-0.2, -0.15) is 0 Å². The van der Waals surface area contributed by atoms with Crippen LogP contribution < -0.4 is 10.6 Å². The molecule has 0 saturated heterocycles. The smallest absolute Gasteiger partial charge is 0.0524 e. The minimum atomic E-state index is 0.171. The fourth-order valence-electron chi connectivity index (χ4n) is 3.40. The van der Waals surface area contributed by atoms with Crippen LogP contribution in [-0.4, -0.2) is 18.6 Å². The summed E-state index contributed by atoms with van der Waals surface area (Å²) in [4.78, 5) is 2.58. The number of nitrogens with zero attached hydrogens (tertiary/aromatic N) is 1. The van der Waals surface area contributed by atoms with Crippen LogP contribution in [0.25, 0.3) is 0 Å². The number of para-hydroxylation sites is 1. The number of fused-ring (bicyclic) bond motifs is 1. The maximum atomic E-state index is 6.11. The number of hydrogen-bond donors (Lipinski definition) is 1. The summed E-state index contributed by atoms with van der Waals surface area (Å²) in [5.41, 5.74) is 9.20. The summed E-state index contributed by atoms with van der Waals surface area (Å²) in [7, 11) is 0. The van der Waals surface area contributed by atoms with Crippen molar-refractivity contribution in [3.8, 4) is 0 Å². The molecule has 1 aliphatic heterocycles. The second kappa shape index (κ2) is 4.02. The van der Waals surface area contributed by atoms with E-state index in [1.54, 1.807) is 0 Å². The topological polar surface area (TPSA) is 29.3 Å². The molecule has 2 heteroatoms. The molecule has 2 N–H and O–H groups in total. The third-order valence-electron chi connectivity index (χ3n) is 4.90. The van der Waals surface area contributed by atoms with Crippen molar-refractivity contribution in [2.75, 3.05) is 18.0 Å². The molecule has 1 fully saturated rings. The van der Waals surface area contributed by atoms with Crippen molar-refractivity contribution >= 4 is 5.69 Å². The molecule has 2 nitrogen and oxygen atoms in total. The van der Waals surface area contributed by atoms with Gasteiger partial charge in [-0.25, -0.2) is 0 Å². The standard InChI is InChI=1S/C15H22N2/c1-15(11-16,13-6-4-7-13)17-10-9-12-5-2-3-8-14(12)17/h2-3,5,8,13H,4,6-7,9-11,16H2,1H3. The highest BCUT2D eigenvalue weighted by Gasteiger charge is 2.43. The lowest BCUT2D eigenvalue weighted by Gasteiger charge is -2.49. The molecule has 0 aromatic heterocycles. The highest BCUT2D eigenvalue weighted by molar-refractivity contribution is 5.60. The summed E-state index contributed by atoms with van der Waals surface area (Å²) in [5, 5.41) is 0. The molecule has 1 aromatic carbocycles. The molecular formula is C15H22N2. The van der Waals surface area contributed by atoms with E-state index in [0.29, 0.717) is 0 Å². The zero-order valence-corrected chi connectivity index (χ0v) is 10.7. The average molecular weight is 230 g/mol. The monoisotopic (exact) mass is 230 g/mol. The van der Waals surface area contributed by atoms with E-state index < -0.39 is 0 Å². The molecule has 3 rings (SSSR count). The summed E-state index contributed by atoms with van der Waals surface area (Å²) >= 11 is 0. The molecule has 1 saturated carbocycles. The predicted octanol–water partition coefficient (Wildman–Crippen LogP) is 2.57. The maximum Gasteiger partial charge on any atom is 0.0524 e. The van der Waals surface area contributed by atoms with Crippen LogP contribution in [0.1, 0.15) is 31.7 Å². The van der Waals surface area contributed by atoms with Crippen molar-refractivity contribution in [2.45, 2.75) is 38.1 Å². The second-order valence-corrected chi connectivity index (χ2v) is 5.72. The quantitative estimate of drug-likeness (QED) is 0.864. The zero-order chi connectivity index (χ0) is 11.9. The van der Waals surface area contributed by atoms with E-state index in [0.717, 1.165) is 19.0 Å². The molecule has 2 aliphatic rings. The van der Waals surface area contributed by atoms with Crippen molar-refractivity contribution in [1.29, 1.82) is 0 Å². The van der Waals surface area contributed by atoms with Gasteiger partial charge in [0.2, 0.25) is 0 Å². The number of rotatable bonds is 3. The summed E-state index contributed by atoms with van der Waals surface area (Å²) in [6, 6.07) is 8.81. The van der Waals surface area contributed by atoms with Gasteiger partial charge < -0.3 is 10.6 Å². The summed E-state index contributed by atoms with van der Waals surface area (Å²) in [5.74, 6) is 0.790. The van der Waals surface area contributed by atoms with Crippen LogP contribution in [0.5, 0.6) is 0 Å². The first kappa shape index (κ1) is 11.1. The molecule has 1 aromatic rings. The second-order valence-electron chi connectivity index (χ2n) is 5.72.